The second-order valence-corrected chi connectivity index (χ2v) is 3.83. The predicted molar refractivity (Wildman–Crippen MR) is 54.1 cm³/mol. The summed E-state index contributed by atoms with van der Waals surface area (Å²) < 4.78 is 25.5. The highest BCUT2D eigenvalue weighted by Gasteiger charge is 2.15. The summed E-state index contributed by atoms with van der Waals surface area (Å²) >= 11 is 1.98. The van der Waals surface area contributed by atoms with Gasteiger partial charge in [0.15, 0.2) is 5.78 Å². The molecule has 1 rings (SSSR count). The van der Waals surface area contributed by atoms with Gasteiger partial charge in [0.05, 0.1) is 0 Å². The van der Waals surface area contributed by atoms with Crippen molar-refractivity contribution in [3.05, 3.63) is 32.9 Å². The van der Waals surface area contributed by atoms with E-state index in [9.17, 15) is 13.6 Å². The Morgan fingerprint density at radius 2 is 2.08 bits per heavy atom. The van der Waals surface area contributed by atoms with E-state index in [1.54, 1.807) is 6.07 Å². The summed E-state index contributed by atoms with van der Waals surface area (Å²) in [5.41, 5.74) is -0.0742. The van der Waals surface area contributed by atoms with Crippen molar-refractivity contribution in [1.29, 1.82) is 0 Å². The van der Waals surface area contributed by atoms with Crippen LogP contribution in [0.3, 0.4) is 0 Å². The minimum Gasteiger partial charge on any atom is -0.294 e. The Bertz CT molecular complexity index is 336. The molecule has 0 aromatic heterocycles. The van der Waals surface area contributed by atoms with Crippen LogP contribution in [0.1, 0.15) is 29.3 Å². The van der Waals surface area contributed by atoms with Crippen molar-refractivity contribution in [1.82, 2.24) is 0 Å². The molecule has 0 N–H and O–H groups in total. The number of benzene rings is 1. The Morgan fingerprint density at radius 3 is 2.54 bits per heavy atom. The van der Waals surface area contributed by atoms with E-state index >= 15 is 0 Å². The molecule has 0 radical (unpaired) electrons. The summed E-state index contributed by atoms with van der Waals surface area (Å²) in [4.78, 5) is 11.0. The molecule has 0 heterocycles. The van der Waals surface area contributed by atoms with E-state index < -0.39 is 6.43 Å². The van der Waals surface area contributed by atoms with Crippen LogP contribution in [-0.4, -0.2) is 5.78 Å². The second-order valence-electron chi connectivity index (χ2n) is 2.59. The standard InChI is InChI=1S/C9H7F2IO/c1-5(13)8-4-6(12)2-3-7(8)9(10)11/h2-4,9H,1H3. The van der Waals surface area contributed by atoms with Gasteiger partial charge in [-0.15, -0.1) is 0 Å². The van der Waals surface area contributed by atoms with Gasteiger partial charge in [0.25, 0.3) is 6.43 Å². The van der Waals surface area contributed by atoms with E-state index in [-0.39, 0.29) is 16.9 Å². The zero-order valence-corrected chi connectivity index (χ0v) is 9.01. The van der Waals surface area contributed by atoms with Gasteiger partial charge in [-0.05, 0) is 41.6 Å². The maximum atomic E-state index is 12.4. The van der Waals surface area contributed by atoms with Crippen molar-refractivity contribution in [3.63, 3.8) is 0 Å². The van der Waals surface area contributed by atoms with E-state index in [1.165, 1.54) is 19.1 Å². The van der Waals surface area contributed by atoms with Gasteiger partial charge in [-0.25, -0.2) is 8.78 Å². The molecular formula is C9H7F2IO. The molecular weight excluding hydrogens is 289 g/mol. The Hall–Kier alpha value is -0.520. The Kier molecular flexibility index (Phi) is 3.35. The third kappa shape index (κ3) is 2.46. The average Bonchev–Trinajstić information content (AvgIpc) is 2.03. The molecule has 0 bridgehead atoms. The molecule has 0 aliphatic rings. The van der Waals surface area contributed by atoms with Crippen LogP contribution >= 0.6 is 22.6 Å². The summed E-state index contributed by atoms with van der Waals surface area (Å²) in [5, 5.41) is 0. The molecule has 1 nitrogen and oxygen atoms in total. The number of ketones is 1. The minimum atomic E-state index is -2.59. The normalized spacial score (nSPS) is 10.5. The quantitative estimate of drug-likeness (QED) is 0.603. The Labute approximate surface area is 88.3 Å². The highest BCUT2D eigenvalue weighted by molar-refractivity contribution is 14.1. The van der Waals surface area contributed by atoms with Crippen molar-refractivity contribution >= 4 is 28.4 Å². The number of alkyl halides is 2. The highest BCUT2D eigenvalue weighted by Crippen LogP contribution is 2.24. The van der Waals surface area contributed by atoms with E-state index in [2.05, 4.69) is 0 Å². The van der Waals surface area contributed by atoms with Crippen LogP contribution in [0.5, 0.6) is 0 Å². The number of rotatable bonds is 2. The third-order valence-electron chi connectivity index (χ3n) is 1.63. The molecule has 0 atom stereocenters. The lowest BCUT2D eigenvalue weighted by Crippen LogP contribution is -2.00. The summed E-state index contributed by atoms with van der Waals surface area (Å²) in [6, 6.07) is 4.34. The maximum absolute atomic E-state index is 12.4. The van der Waals surface area contributed by atoms with E-state index in [0.717, 1.165) is 3.57 Å². The van der Waals surface area contributed by atoms with E-state index in [4.69, 9.17) is 0 Å². The van der Waals surface area contributed by atoms with Crippen LogP contribution in [0.25, 0.3) is 0 Å². The van der Waals surface area contributed by atoms with Crippen molar-refractivity contribution in [2.75, 3.05) is 0 Å². The third-order valence-corrected chi connectivity index (χ3v) is 2.30. The average molecular weight is 296 g/mol. The van der Waals surface area contributed by atoms with Crippen LogP contribution in [0.2, 0.25) is 0 Å². The maximum Gasteiger partial charge on any atom is 0.264 e. The number of hydrogen-bond acceptors (Lipinski definition) is 1. The topological polar surface area (TPSA) is 17.1 Å². The summed E-state index contributed by atoms with van der Waals surface area (Å²) in [7, 11) is 0. The fraction of sp³-hybridized carbons (Fsp3) is 0.222. The molecule has 0 saturated carbocycles. The lowest BCUT2D eigenvalue weighted by atomic mass is 10.1. The smallest absolute Gasteiger partial charge is 0.264 e. The van der Waals surface area contributed by atoms with E-state index in [0.29, 0.717) is 0 Å². The second kappa shape index (κ2) is 4.13. The number of halogens is 3. The van der Waals surface area contributed by atoms with Crippen molar-refractivity contribution in [3.8, 4) is 0 Å². The van der Waals surface area contributed by atoms with Gasteiger partial charge in [0.1, 0.15) is 0 Å². The van der Waals surface area contributed by atoms with Gasteiger partial charge < -0.3 is 0 Å². The van der Waals surface area contributed by atoms with Crippen LogP contribution in [0.15, 0.2) is 18.2 Å². The number of carbonyl (C=O) groups excluding carboxylic acids is 1. The molecule has 1 aromatic rings. The lowest BCUT2D eigenvalue weighted by Gasteiger charge is -2.05. The fourth-order valence-corrected chi connectivity index (χ4v) is 1.51. The first-order valence-corrected chi connectivity index (χ1v) is 4.69. The molecule has 4 heteroatoms. The highest BCUT2D eigenvalue weighted by atomic mass is 127. The Balaban J connectivity index is 3.27. The SMILES string of the molecule is CC(=O)c1cc(I)ccc1C(F)F. The molecule has 1 aromatic carbocycles. The molecule has 0 fully saturated rings. The van der Waals surface area contributed by atoms with Gasteiger partial charge in [-0.2, -0.15) is 0 Å². The molecule has 0 amide bonds. The van der Waals surface area contributed by atoms with Crippen molar-refractivity contribution in [2.45, 2.75) is 13.3 Å². The number of carbonyl (C=O) groups is 1. The first-order chi connectivity index (χ1) is 6.02. The fourth-order valence-electron chi connectivity index (χ4n) is 1.02. The van der Waals surface area contributed by atoms with Gasteiger partial charge in [-0.3, -0.25) is 4.79 Å². The van der Waals surface area contributed by atoms with Gasteiger partial charge in [0.2, 0.25) is 0 Å². The lowest BCUT2D eigenvalue weighted by molar-refractivity contribution is 0.0999. The molecule has 0 aliphatic heterocycles. The zero-order valence-electron chi connectivity index (χ0n) is 6.85. The van der Waals surface area contributed by atoms with Crippen LogP contribution < -0.4 is 0 Å². The summed E-state index contributed by atoms with van der Waals surface area (Å²) in [5.74, 6) is -0.325. The first kappa shape index (κ1) is 10.6. The number of Topliss-reactive ketones (excluding diaryl/α,β-unsaturated/α-hetero) is 1. The van der Waals surface area contributed by atoms with Crippen molar-refractivity contribution in [2.24, 2.45) is 0 Å². The molecule has 13 heavy (non-hydrogen) atoms. The monoisotopic (exact) mass is 296 g/mol. The van der Waals surface area contributed by atoms with Crippen LogP contribution in [-0.2, 0) is 0 Å². The predicted octanol–water partition coefficient (Wildman–Crippen LogP) is 3.43. The minimum absolute atomic E-state index is 0.113. The molecule has 70 valence electrons. The number of hydrogen-bond donors (Lipinski definition) is 0. The van der Waals surface area contributed by atoms with Crippen LogP contribution in [0, 0.1) is 3.57 Å². The van der Waals surface area contributed by atoms with Crippen LogP contribution in [0.4, 0.5) is 8.78 Å². The van der Waals surface area contributed by atoms with Gasteiger partial charge in [0, 0.05) is 14.7 Å². The summed E-state index contributed by atoms with van der Waals surface area (Å²) in [6.45, 7) is 1.29. The Morgan fingerprint density at radius 1 is 1.46 bits per heavy atom. The van der Waals surface area contributed by atoms with Gasteiger partial charge in [-0.1, -0.05) is 6.07 Å². The van der Waals surface area contributed by atoms with Crippen molar-refractivity contribution < 1.29 is 13.6 Å². The first-order valence-electron chi connectivity index (χ1n) is 3.61. The molecule has 0 unspecified atom stereocenters. The van der Waals surface area contributed by atoms with E-state index in [1.807, 2.05) is 22.6 Å². The molecule has 0 spiro atoms. The van der Waals surface area contributed by atoms with Gasteiger partial charge >= 0.3 is 0 Å². The molecule has 0 saturated heterocycles. The molecule has 0 aliphatic carbocycles. The summed E-state index contributed by atoms with van der Waals surface area (Å²) in [6.07, 6.45) is -2.59. The zero-order chi connectivity index (χ0) is 10.0. The largest absolute Gasteiger partial charge is 0.294 e.